The smallest absolute Gasteiger partial charge is 0.260 e. The summed E-state index contributed by atoms with van der Waals surface area (Å²) in [5.74, 6) is 1.29. The molecule has 2 aromatic carbocycles. The number of anilines is 4. The summed E-state index contributed by atoms with van der Waals surface area (Å²) in [6.07, 6.45) is 3.08. The number of rotatable bonds is 7. The fraction of sp³-hybridized carbons (Fsp3) is 0.438. The standard InChI is InChI=1S/C32H41N7O4S2/c1-5-44(4)35(3)29-9-7-6-8-27(29)31(41)39-15-12-24-21-26(10-11-28(24)39)45(42,43)38-18-16-36(17-19-38)32-33-23(2)20-30(34-32)37-14-13-25(40)22-37/h5-11,20-21,25,40H,12-19,22H2,1-4H3/t25-,44?/m1/s1. The summed E-state index contributed by atoms with van der Waals surface area (Å²) in [5.41, 5.74) is 3.96. The van der Waals surface area contributed by atoms with E-state index < -0.39 is 10.0 Å². The zero-order valence-electron chi connectivity index (χ0n) is 26.3. The average Bonchev–Trinajstić information content (AvgIpc) is 3.69. The van der Waals surface area contributed by atoms with Crippen LogP contribution in [-0.4, -0.2) is 104 Å². The highest BCUT2D eigenvalue weighted by atomic mass is 32.2. The molecule has 0 saturated carbocycles. The second-order valence-electron chi connectivity index (χ2n) is 11.7. The van der Waals surface area contributed by atoms with Gasteiger partial charge in [0.25, 0.3) is 5.91 Å². The molecule has 240 valence electrons. The van der Waals surface area contributed by atoms with E-state index in [2.05, 4.69) is 25.8 Å². The number of hydrogen-bond acceptors (Lipinski definition) is 9. The number of piperazine rings is 1. The van der Waals surface area contributed by atoms with E-state index in [9.17, 15) is 18.3 Å². The van der Waals surface area contributed by atoms with Crippen molar-refractivity contribution in [2.45, 2.75) is 37.7 Å². The van der Waals surface area contributed by atoms with Gasteiger partial charge in [-0.15, -0.1) is 10.7 Å². The molecule has 2 atom stereocenters. The summed E-state index contributed by atoms with van der Waals surface area (Å²) < 4.78 is 31.1. The maximum Gasteiger partial charge on any atom is 0.260 e. The fourth-order valence-corrected chi connectivity index (χ4v) is 8.46. The Morgan fingerprint density at radius 3 is 2.49 bits per heavy atom. The van der Waals surface area contributed by atoms with E-state index in [-0.39, 0.29) is 27.6 Å². The third kappa shape index (κ3) is 6.18. The predicted octanol–water partition coefficient (Wildman–Crippen LogP) is 3.14. The van der Waals surface area contributed by atoms with E-state index in [0.717, 1.165) is 41.4 Å². The van der Waals surface area contributed by atoms with Crippen molar-refractivity contribution in [3.63, 3.8) is 0 Å². The molecule has 6 rings (SSSR count). The Morgan fingerprint density at radius 2 is 1.78 bits per heavy atom. The third-order valence-corrected chi connectivity index (χ3v) is 12.6. The van der Waals surface area contributed by atoms with Gasteiger partial charge in [0.2, 0.25) is 16.0 Å². The van der Waals surface area contributed by atoms with Crippen molar-refractivity contribution in [2.24, 2.45) is 0 Å². The molecule has 0 aliphatic carbocycles. The normalized spacial score (nSPS) is 19.7. The molecule has 4 heterocycles. The molecule has 0 bridgehead atoms. The molecule has 11 nitrogen and oxygen atoms in total. The summed E-state index contributed by atoms with van der Waals surface area (Å²) in [5, 5.41) is 12.1. The number of aliphatic hydroxyl groups is 1. The van der Waals surface area contributed by atoms with Crippen LogP contribution in [0.25, 0.3) is 0 Å². The molecular weight excluding hydrogens is 611 g/mol. The summed E-state index contributed by atoms with van der Waals surface area (Å²) in [6, 6.07) is 14.7. The lowest BCUT2D eigenvalue weighted by Gasteiger charge is -2.34. The largest absolute Gasteiger partial charge is 0.391 e. The predicted molar refractivity (Wildman–Crippen MR) is 182 cm³/mol. The van der Waals surface area contributed by atoms with E-state index in [0.29, 0.717) is 57.2 Å². The van der Waals surface area contributed by atoms with Gasteiger partial charge in [0, 0.05) is 70.3 Å². The van der Waals surface area contributed by atoms with Crippen molar-refractivity contribution in [2.75, 3.05) is 78.1 Å². The van der Waals surface area contributed by atoms with Gasteiger partial charge in [-0.1, -0.05) is 12.1 Å². The lowest BCUT2D eigenvalue weighted by Crippen LogP contribution is -2.49. The minimum atomic E-state index is -3.73. The van der Waals surface area contributed by atoms with E-state index in [1.54, 1.807) is 23.1 Å². The van der Waals surface area contributed by atoms with Gasteiger partial charge in [-0.05, 0) is 74.2 Å². The maximum absolute atomic E-state index is 13.8. The topological polar surface area (TPSA) is 113 Å². The zero-order chi connectivity index (χ0) is 31.9. The molecule has 1 N–H and O–H groups in total. The lowest BCUT2D eigenvalue weighted by atomic mass is 10.1. The average molecular weight is 652 g/mol. The van der Waals surface area contributed by atoms with Crippen LogP contribution in [0.3, 0.4) is 0 Å². The number of aryl methyl sites for hydroxylation is 1. The summed E-state index contributed by atoms with van der Waals surface area (Å²) >= 11 is 0. The highest BCUT2D eigenvalue weighted by Crippen LogP contribution is 2.35. The Hall–Kier alpha value is -3.52. The number of carbonyl (C=O) groups excluding carboxylic acids is 1. The van der Waals surface area contributed by atoms with Crippen molar-refractivity contribution in [1.82, 2.24) is 14.3 Å². The monoisotopic (exact) mass is 651 g/mol. The van der Waals surface area contributed by atoms with Crippen LogP contribution in [0.15, 0.2) is 53.4 Å². The number of β-amino-alcohol motifs (C(OH)–C–C–N with tert-alkyl or cyclic N) is 1. The molecule has 1 amide bonds. The van der Waals surface area contributed by atoms with Crippen molar-refractivity contribution >= 4 is 55.1 Å². The molecule has 3 aliphatic heterocycles. The maximum atomic E-state index is 13.8. The van der Waals surface area contributed by atoms with Crippen LogP contribution in [0.4, 0.5) is 23.1 Å². The third-order valence-electron chi connectivity index (χ3n) is 8.91. The molecule has 1 unspecified atom stereocenters. The Morgan fingerprint density at radius 1 is 1.02 bits per heavy atom. The van der Waals surface area contributed by atoms with Crippen LogP contribution in [0.2, 0.25) is 0 Å². The quantitative estimate of drug-likeness (QED) is 0.385. The van der Waals surface area contributed by atoms with Crippen LogP contribution in [0.1, 0.15) is 35.0 Å². The molecule has 0 spiro atoms. The Kier molecular flexibility index (Phi) is 8.88. The molecule has 13 heteroatoms. The van der Waals surface area contributed by atoms with E-state index in [4.69, 9.17) is 4.98 Å². The van der Waals surface area contributed by atoms with E-state index in [1.165, 1.54) is 4.31 Å². The number of benzene rings is 2. The van der Waals surface area contributed by atoms with Crippen molar-refractivity contribution in [3.8, 4) is 0 Å². The Labute approximate surface area is 268 Å². The number of fused-ring (bicyclic) bond motifs is 1. The van der Waals surface area contributed by atoms with Crippen LogP contribution < -0.4 is 19.0 Å². The number of carbonyl (C=O) groups is 1. The van der Waals surface area contributed by atoms with Crippen LogP contribution in [0.5, 0.6) is 0 Å². The van der Waals surface area contributed by atoms with Gasteiger partial charge in [0.05, 0.1) is 22.3 Å². The lowest BCUT2D eigenvalue weighted by molar-refractivity contribution is 0.0990. The number of hydrogen-bond donors (Lipinski definition) is 1. The van der Waals surface area contributed by atoms with Gasteiger partial charge >= 0.3 is 0 Å². The highest BCUT2D eigenvalue weighted by molar-refractivity contribution is 8.15. The molecule has 1 aromatic heterocycles. The number of amides is 1. The zero-order valence-corrected chi connectivity index (χ0v) is 27.9. The molecule has 0 radical (unpaired) electrons. The molecule has 3 aliphatic rings. The Balaban J connectivity index is 1.16. The first-order valence-corrected chi connectivity index (χ1v) is 18.4. The Bertz CT molecular complexity index is 1740. The molecular formula is C32H41N7O4S2. The fourth-order valence-electron chi connectivity index (χ4n) is 6.20. The molecule has 2 saturated heterocycles. The van der Waals surface area contributed by atoms with Gasteiger partial charge in [0.15, 0.2) is 0 Å². The second kappa shape index (κ2) is 12.7. The minimum absolute atomic E-state index is 0.0848. The van der Waals surface area contributed by atoms with Gasteiger partial charge in [-0.25, -0.2) is 13.4 Å². The van der Waals surface area contributed by atoms with Gasteiger partial charge in [0.1, 0.15) is 5.82 Å². The first-order valence-electron chi connectivity index (χ1n) is 15.3. The number of aliphatic hydroxyl groups excluding tert-OH is 1. The van der Waals surface area contributed by atoms with Crippen molar-refractivity contribution in [3.05, 3.63) is 65.4 Å². The summed E-state index contributed by atoms with van der Waals surface area (Å²) in [4.78, 5) is 29.3. The van der Waals surface area contributed by atoms with Gasteiger partial charge < -0.3 is 24.1 Å². The molecule has 2 fully saturated rings. The molecule has 45 heavy (non-hydrogen) atoms. The van der Waals surface area contributed by atoms with Crippen molar-refractivity contribution in [1.29, 1.82) is 0 Å². The second-order valence-corrected chi connectivity index (χ2v) is 15.7. The first kappa shape index (κ1) is 31.5. The van der Waals surface area contributed by atoms with Crippen LogP contribution >= 0.6 is 10.7 Å². The van der Waals surface area contributed by atoms with E-state index in [1.807, 2.05) is 56.1 Å². The summed E-state index contributed by atoms with van der Waals surface area (Å²) in [6.45, 7) is 7.32. The first-order chi connectivity index (χ1) is 21.6. The molecule has 3 aromatic rings. The highest BCUT2D eigenvalue weighted by Gasteiger charge is 2.33. The van der Waals surface area contributed by atoms with E-state index >= 15 is 0 Å². The van der Waals surface area contributed by atoms with Gasteiger partial charge in [-0.2, -0.15) is 9.29 Å². The van der Waals surface area contributed by atoms with Crippen molar-refractivity contribution < 1.29 is 18.3 Å². The van der Waals surface area contributed by atoms with Crippen LogP contribution in [0, 0.1) is 6.92 Å². The van der Waals surface area contributed by atoms with Gasteiger partial charge in [-0.3, -0.25) is 4.79 Å². The van der Waals surface area contributed by atoms with Crippen LogP contribution in [-0.2, 0) is 16.4 Å². The number of aromatic nitrogens is 2. The summed E-state index contributed by atoms with van der Waals surface area (Å²) in [7, 11) is -1.87. The SMILES string of the molecule is C/C=S(\C)N(C)c1ccccc1C(=O)N1CCc2cc(S(=O)(=O)N3CCN(c4nc(C)cc(N5CC[C@@H](O)C5)n4)CC3)ccc21. The minimum Gasteiger partial charge on any atom is -0.391 e. The number of sulfonamides is 1. The number of nitrogens with zero attached hydrogens (tertiary/aromatic N) is 7. The number of para-hydroxylation sites is 1.